The van der Waals surface area contributed by atoms with E-state index in [1.165, 1.54) is 6.92 Å². The van der Waals surface area contributed by atoms with Crippen molar-refractivity contribution in [2.75, 3.05) is 0 Å². The van der Waals surface area contributed by atoms with E-state index in [1.54, 1.807) is 24.3 Å². The summed E-state index contributed by atoms with van der Waals surface area (Å²) in [5, 5.41) is 3.48. The predicted molar refractivity (Wildman–Crippen MR) is 92.7 cm³/mol. The topological polar surface area (TPSA) is 101 Å². The van der Waals surface area contributed by atoms with E-state index in [1.807, 2.05) is 20.8 Å². The van der Waals surface area contributed by atoms with Gasteiger partial charge in [0, 0.05) is 17.4 Å². The highest BCUT2D eigenvalue weighted by molar-refractivity contribution is 6.75. The van der Waals surface area contributed by atoms with Crippen molar-refractivity contribution < 1.29 is 18.8 Å². The molecular formula is C16H23N3O4Si. The molecule has 0 spiro atoms. The Labute approximate surface area is 142 Å². The highest BCUT2D eigenvalue weighted by atomic mass is 28.4. The van der Waals surface area contributed by atoms with Gasteiger partial charge in [-0.15, -0.1) is 0 Å². The van der Waals surface area contributed by atoms with Crippen LogP contribution >= 0.6 is 0 Å². The Morgan fingerprint density at radius 2 is 1.79 bits per heavy atom. The second kappa shape index (κ2) is 9.10. The summed E-state index contributed by atoms with van der Waals surface area (Å²) < 4.78 is 10.9. The van der Waals surface area contributed by atoms with Gasteiger partial charge in [0.1, 0.15) is 0 Å². The molecule has 0 radical (unpaired) electrons. The van der Waals surface area contributed by atoms with Gasteiger partial charge in [0.05, 0.1) is 5.56 Å². The molecule has 0 fully saturated rings. The molecule has 1 aromatic carbocycles. The van der Waals surface area contributed by atoms with E-state index in [-0.39, 0.29) is 5.56 Å². The van der Waals surface area contributed by atoms with Crippen LogP contribution in [0.4, 0.5) is 0 Å². The van der Waals surface area contributed by atoms with Crippen LogP contribution in [0.15, 0.2) is 29.4 Å². The van der Waals surface area contributed by atoms with Gasteiger partial charge in [0.15, 0.2) is 0 Å². The zero-order valence-corrected chi connectivity index (χ0v) is 15.5. The second-order valence-electron chi connectivity index (χ2n) is 5.39. The largest absolute Gasteiger partial charge is 0.516 e. The van der Waals surface area contributed by atoms with Gasteiger partial charge >= 0.3 is 11.9 Å². The number of benzene rings is 1. The first-order valence-electron chi connectivity index (χ1n) is 7.96. The standard InChI is InChI=1S/C16H23N3O4Si/c1-5-24(6-2,7-3)23-16(21)14-11-9-8-10-13(14)15(18-19-17)22-12(4)20/h8-11,15H,5-7H2,1-4H3. The van der Waals surface area contributed by atoms with Gasteiger partial charge in [0.25, 0.3) is 8.32 Å². The van der Waals surface area contributed by atoms with Crippen molar-refractivity contribution in [3.8, 4) is 0 Å². The molecule has 0 aromatic heterocycles. The summed E-state index contributed by atoms with van der Waals surface area (Å²) in [7, 11) is -2.13. The molecule has 1 rings (SSSR count). The van der Waals surface area contributed by atoms with Crippen LogP contribution in [0.5, 0.6) is 0 Å². The highest BCUT2D eigenvalue weighted by Crippen LogP contribution is 2.28. The van der Waals surface area contributed by atoms with Crippen molar-refractivity contribution in [3.05, 3.63) is 45.8 Å². The van der Waals surface area contributed by atoms with Crippen molar-refractivity contribution in [3.63, 3.8) is 0 Å². The van der Waals surface area contributed by atoms with Gasteiger partial charge in [-0.1, -0.05) is 39.0 Å². The molecule has 0 heterocycles. The molecule has 0 saturated carbocycles. The van der Waals surface area contributed by atoms with Crippen LogP contribution in [-0.2, 0) is 14.0 Å². The summed E-state index contributed by atoms with van der Waals surface area (Å²) in [5.74, 6) is -1.07. The Morgan fingerprint density at radius 3 is 2.29 bits per heavy atom. The summed E-state index contributed by atoms with van der Waals surface area (Å²) in [6.45, 7) is 7.30. The van der Waals surface area contributed by atoms with Crippen molar-refractivity contribution in [2.24, 2.45) is 5.11 Å². The molecule has 0 aliphatic carbocycles. The average Bonchev–Trinajstić information content (AvgIpc) is 2.59. The maximum atomic E-state index is 12.7. The minimum Gasteiger partial charge on any atom is -0.516 e. The fourth-order valence-electron chi connectivity index (χ4n) is 2.47. The minimum absolute atomic E-state index is 0.253. The number of ether oxygens (including phenoxy) is 1. The van der Waals surface area contributed by atoms with E-state index in [0.29, 0.717) is 5.56 Å². The third-order valence-electron chi connectivity index (χ3n) is 4.12. The quantitative estimate of drug-likeness (QED) is 0.223. The number of carbonyl (C=O) groups is 2. The zero-order chi connectivity index (χ0) is 18.2. The Morgan fingerprint density at radius 1 is 1.21 bits per heavy atom. The molecule has 0 amide bonds. The van der Waals surface area contributed by atoms with Gasteiger partial charge in [-0.3, -0.25) is 4.79 Å². The molecule has 0 bridgehead atoms. The molecule has 8 heteroatoms. The number of nitrogens with zero attached hydrogens (tertiary/aromatic N) is 3. The molecule has 24 heavy (non-hydrogen) atoms. The number of esters is 1. The van der Waals surface area contributed by atoms with Gasteiger partial charge in [0.2, 0.25) is 6.23 Å². The summed E-state index contributed by atoms with van der Waals surface area (Å²) in [6, 6.07) is 9.04. The Bertz CT molecular complexity index is 632. The van der Waals surface area contributed by atoms with Crippen LogP contribution in [0.1, 0.15) is 49.8 Å². The first-order chi connectivity index (χ1) is 11.4. The fraction of sp³-hybridized carbons (Fsp3) is 0.500. The third kappa shape index (κ3) is 4.84. The van der Waals surface area contributed by atoms with E-state index in [9.17, 15) is 9.59 Å². The lowest BCUT2D eigenvalue weighted by Gasteiger charge is -2.28. The minimum atomic E-state index is -2.13. The molecule has 0 aliphatic heterocycles. The summed E-state index contributed by atoms with van der Waals surface area (Å²) in [5.41, 5.74) is 9.27. The van der Waals surface area contributed by atoms with Crippen LogP contribution in [0.25, 0.3) is 10.4 Å². The van der Waals surface area contributed by atoms with Crippen LogP contribution < -0.4 is 0 Å². The van der Waals surface area contributed by atoms with Gasteiger partial charge < -0.3 is 9.16 Å². The lowest BCUT2D eigenvalue weighted by Crippen LogP contribution is -2.38. The highest BCUT2D eigenvalue weighted by Gasteiger charge is 2.34. The monoisotopic (exact) mass is 349 g/mol. The predicted octanol–water partition coefficient (Wildman–Crippen LogP) is 4.72. The van der Waals surface area contributed by atoms with Gasteiger partial charge in [-0.05, 0) is 34.8 Å². The molecule has 1 aromatic rings. The SMILES string of the molecule is CC[Si](CC)(CC)OC(=O)c1ccccc1C(N=[N+]=[N-])OC(C)=O. The lowest BCUT2D eigenvalue weighted by molar-refractivity contribution is -0.146. The summed E-state index contributed by atoms with van der Waals surface area (Å²) in [6.07, 6.45) is -1.20. The molecule has 130 valence electrons. The zero-order valence-electron chi connectivity index (χ0n) is 14.5. The number of hydrogen-bond acceptors (Lipinski definition) is 5. The van der Waals surface area contributed by atoms with Gasteiger partial charge in [-0.25, -0.2) is 4.79 Å². The second-order valence-corrected chi connectivity index (χ2v) is 10.1. The van der Waals surface area contributed by atoms with Crippen molar-refractivity contribution in [1.82, 2.24) is 0 Å². The van der Waals surface area contributed by atoms with E-state index in [0.717, 1.165) is 18.1 Å². The van der Waals surface area contributed by atoms with E-state index < -0.39 is 26.5 Å². The first kappa shape index (κ1) is 19.7. The normalized spacial score (nSPS) is 12.0. The Kier molecular flexibility index (Phi) is 7.48. The molecule has 1 unspecified atom stereocenters. The van der Waals surface area contributed by atoms with E-state index in [2.05, 4.69) is 10.0 Å². The Hall–Kier alpha value is -2.31. The molecule has 0 aliphatic rings. The maximum Gasteiger partial charge on any atom is 0.325 e. The van der Waals surface area contributed by atoms with Crippen LogP contribution in [0.3, 0.4) is 0 Å². The van der Waals surface area contributed by atoms with Gasteiger partial charge in [-0.2, -0.15) is 0 Å². The van der Waals surface area contributed by atoms with Crippen molar-refractivity contribution in [1.29, 1.82) is 0 Å². The molecular weight excluding hydrogens is 326 g/mol. The van der Waals surface area contributed by atoms with Crippen molar-refractivity contribution in [2.45, 2.75) is 52.1 Å². The summed E-state index contributed by atoms with van der Waals surface area (Å²) >= 11 is 0. The average molecular weight is 349 g/mol. The first-order valence-corrected chi connectivity index (χ1v) is 10.5. The number of azide groups is 1. The number of carbonyl (C=O) groups excluding carboxylic acids is 2. The van der Waals surface area contributed by atoms with Crippen LogP contribution in [0, 0.1) is 0 Å². The van der Waals surface area contributed by atoms with Crippen molar-refractivity contribution >= 4 is 20.3 Å². The van der Waals surface area contributed by atoms with Crippen LogP contribution in [-0.4, -0.2) is 20.3 Å². The number of rotatable bonds is 8. The smallest absolute Gasteiger partial charge is 0.325 e. The number of hydrogen-bond donors (Lipinski definition) is 0. The van der Waals surface area contributed by atoms with E-state index in [4.69, 9.17) is 14.7 Å². The molecule has 1 atom stereocenters. The maximum absolute atomic E-state index is 12.7. The van der Waals surface area contributed by atoms with E-state index >= 15 is 0 Å². The van der Waals surface area contributed by atoms with Crippen LogP contribution in [0.2, 0.25) is 18.1 Å². The third-order valence-corrected chi connectivity index (χ3v) is 8.61. The molecule has 0 saturated heterocycles. The lowest BCUT2D eigenvalue weighted by atomic mass is 10.1. The summed E-state index contributed by atoms with van der Waals surface area (Å²) in [4.78, 5) is 26.6. The fourth-order valence-corrected chi connectivity index (χ4v) is 4.91. The Balaban J connectivity index is 3.23. The molecule has 0 N–H and O–H groups in total. The molecule has 7 nitrogen and oxygen atoms in total.